The fourth-order valence-electron chi connectivity index (χ4n) is 2.59. The maximum atomic E-state index is 11.3. The highest BCUT2D eigenvalue weighted by Gasteiger charge is 2.27. The number of nitrogens with zero attached hydrogens (tertiary/aromatic N) is 2. The molecule has 2 rings (SSSR count). The number of aromatic carboxylic acids is 1. The fourth-order valence-corrected chi connectivity index (χ4v) is 3.65. The number of hydrogen-bond acceptors (Lipinski definition) is 4. The van der Waals surface area contributed by atoms with Crippen molar-refractivity contribution in [1.82, 2.24) is 4.98 Å². The lowest BCUT2D eigenvalue weighted by atomic mass is 9.96. The molecule has 1 fully saturated rings. The van der Waals surface area contributed by atoms with Gasteiger partial charge in [0.15, 0.2) is 5.13 Å². The van der Waals surface area contributed by atoms with E-state index in [2.05, 4.69) is 30.7 Å². The van der Waals surface area contributed by atoms with Crippen molar-refractivity contribution in [1.29, 1.82) is 0 Å². The summed E-state index contributed by atoms with van der Waals surface area (Å²) in [5, 5.41) is 10.2. The summed E-state index contributed by atoms with van der Waals surface area (Å²) in [7, 11) is 0. The maximum absolute atomic E-state index is 11.3. The van der Waals surface area contributed by atoms with Gasteiger partial charge in [-0.05, 0) is 32.1 Å². The minimum absolute atomic E-state index is 0.419. The normalized spacial score (nSPS) is 23.6. The van der Waals surface area contributed by atoms with Crippen molar-refractivity contribution in [2.45, 2.75) is 52.5 Å². The Hall–Kier alpha value is -1.10. The molecule has 1 aliphatic heterocycles. The van der Waals surface area contributed by atoms with Crippen LogP contribution in [0.5, 0.6) is 0 Å². The van der Waals surface area contributed by atoms with Crippen LogP contribution in [0.15, 0.2) is 0 Å². The molecule has 0 spiro atoms. The third kappa shape index (κ3) is 3.08. The molecule has 0 radical (unpaired) electrons. The van der Waals surface area contributed by atoms with Crippen LogP contribution in [0.1, 0.15) is 55.4 Å². The summed E-state index contributed by atoms with van der Waals surface area (Å²) in [6.45, 7) is 7.49. The Morgan fingerprint density at radius 2 is 2.21 bits per heavy atom. The predicted octanol–water partition coefficient (Wildman–Crippen LogP) is 3.42. The molecule has 0 aromatic carbocycles. The highest BCUT2D eigenvalue weighted by molar-refractivity contribution is 7.17. The fraction of sp³-hybridized carbons (Fsp3) is 0.714. The number of thiazole rings is 1. The molecule has 0 amide bonds. The highest BCUT2D eigenvalue weighted by atomic mass is 32.1. The molecule has 1 aromatic rings. The van der Waals surface area contributed by atoms with Crippen molar-refractivity contribution in [3.8, 4) is 0 Å². The summed E-state index contributed by atoms with van der Waals surface area (Å²) in [6, 6.07) is 0.457. The zero-order valence-electron chi connectivity index (χ0n) is 11.8. The van der Waals surface area contributed by atoms with Crippen molar-refractivity contribution >= 4 is 22.4 Å². The van der Waals surface area contributed by atoms with E-state index < -0.39 is 5.97 Å². The van der Waals surface area contributed by atoms with Crippen LogP contribution >= 0.6 is 11.3 Å². The average molecular weight is 282 g/mol. The number of anilines is 1. The van der Waals surface area contributed by atoms with Gasteiger partial charge in [-0.2, -0.15) is 0 Å². The topological polar surface area (TPSA) is 53.4 Å². The molecule has 106 valence electrons. The minimum atomic E-state index is -0.843. The second kappa shape index (κ2) is 5.90. The van der Waals surface area contributed by atoms with Crippen LogP contribution in [-0.2, 0) is 6.42 Å². The Morgan fingerprint density at radius 3 is 2.84 bits per heavy atom. The predicted molar refractivity (Wildman–Crippen MR) is 78.3 cm³/mol. The van der Waals surface area contributed by atoms with E-state index in [1.54, 1.807) is 0 Å². The second-order valence-corrected chi connectivity index (χ2v) is 6.49. The Kier molecular flexibility index (Phi) is 4.45. The quantitative estimate of drug-likeness (QED) is 0.919. The number of aromatic nitrogens is 1. The molecule has 2 atom stereocenters. The molecule has 2 unspecified atom stereocenters. The molecule has 1 aliphatic rings. The van der Waals surface area contributed by atoms with Gasteiger partial charge >= 0.3 is 5.97 Å². The molecule has 0 aliphatic carbocycles. The number of carboxylic acid groups (broad SMARTS) is 1. The van der Waals surface area contributed by atoms with Gasteiger partial charge in [-0.25, -0.2) is 9.78 Å². The highest BCUT2D eigenvalue weighted by Crippen LogP contribution is 2.33. The van der Waals surface area contributed by atoms with Gasteiger partial charge in [0.05, 0.1) is 5.69 Å². The van der Waals surface area contributed by atoms with E-state index in [-0.39, 0.29) is 0 Å². The second-order valence-electron chi connectivity index (χ2n) is 5.51. The smallest absolute Gasteiger partial charge is 0.347 e. The van der Waals surface area contributed by atoms with E-state index >= 15 is 0 Å². The SMILES string of the molecule is CCCc1nc(N2CC(C)CCC2C)sc1C(=O)O. The van der Waals surface area contributed by atoms with Crippen molar-refractivity contribution < 1.29 is 9.90 Å². The van der Waals surface area contributed by atoms with Gasteiger partial charge in [-0.15, -0.1) is 0 Å². The van der Waals surface area contributed by atoms with Gasteiger partial charge in [-0.3, -0.25) is 0 Å². The molecule has 0 saturated carbocycles. The summed E-state index contributed by atoms with van der Waals surface area (Å²) in [5.41, 5.74) is 0.750. The number of piperidine rings is 1. The lowest BCUT2D eigenvalue weighted by Crippen LogP contribution is -2.41. The number of carboxylic acids is 1. The van der Waals surface area contributed by atoms with Crippen molar-refractivity contribution in [2.75, 3.05) is 11.4 Å². The van der Waals surface area contributed by atoms with Gasteiger partial charge < -0.3 is 10.0 Å². The van der Waals surface area contributed by atoms with Crippen LogP contribution < -0.4 is 4.90 Å². The third-order valence-electron chi connectivity index (χ3n) is 3.73. The zero-order chi connectivity index (χ0) is 14.0. The van der Waals surface area contributed by atoms with Crippen molar-refractivity contribution in [3.05, 3.63) is 10.6 Å². The number of aryl methyl sites for hydroxylation is 1. The maximum Gasteiger partial charge on any atom is 0.347 e. The molecule has 0 bridgehead atoms. The van der Waals surface area contributed by atoms with E-state index in [0.29, 0.717) is 16.8 Å². The number of hydrogen-bond donors (Lipinski definition) is 1. The van der Waals surface area contributed by atoms with Crippen LogP contribution in [0.3, 0.4) is 0 Å². The van der Waals surface area contributed by atoms with Crippen molar-refractivity contribution in [3.63, 3.8) is 0 Å². The lowest BCUT2D eigenvalue weighted by molar-refractivity contribution is 0.0700. The van der Waals surface area contributed by atoms with E-state index in [1.165, 1.54) is 17.8 Å². The van der Waals surface area contributed by atoms with Crippen LogP contribution in [-0.4, -0.2) is 28.6 Å². The first kappa shape index (κ1) is 14.3. The molecule has 19 heavy (non-hydrogen) atoms. The summed E-state index contributed by atoms with van der Waals surface area (Å²) >= 11 is 1.34. The van der Waals surface area contributed by atoms with Crippen LogP contribution in [0.2, 0.25) is 0 Å². The molecule has 2 heterocycles. The first-order valence-corrected chi connectivity index (χ1v) is 7.84. The van der Waals surface area contributed by atoms with Gasteiger partial charge in [-0.1, -0.05) is 31.6 Å². The van der Waals surface area contributed by atoms with Gasteiger partial charge in [0, 0.05) is 12.6 Å². The Bertz CT molecular complexity index is 458. The monoisotopic (exact) mass is 282 g/mol. The molecule has 5 heteroatoms. The number of rotatable bonds is 4. The first-order valence-electron chi connectivity index (χ1n) is 7.02. The van der Waals surface area contributed by atoms with Gasteiger partial charge in [0.1, 0.15) is 4.88 Å². The summed E-state index contributed by atoms with van der Waals surface area (Å²) in [4.78, 5) is 18.6. The largest absolute Gasteiger partial charge is 0.477 e. The first-order chi connectivity index (χ1) is 9.02. The Balaban J connectivity index is 2.28. The molecule has 1 N–H and O–H groups in total. The van der Waals surface area contributed by atoms with E-state index in [9.17, 15) is 9.90 Å². The molecule has 1 aromatic heterocycles. The third-order valence-corrected chi connectivity index (χ3v) is 4.85. The van der Waals surface area contributed by atoms with E-state index in [4.69, 9.17) is 0 Å². The van der Waals surface area contributed by atoms with E-state index in [0.717, 1.165) is 36.6 Å². The van der Waals surface area contributed by atoms with E-state index in [1.807, 2.05) is 0 Å². The Labute approximate surface area is 118 Å². The van der Waals surface area contributed by atoms with Gasteiger partial charge in [0.2, 0.25) is 0 Å². The average Bonchev–Trinajstić information content (AvgIpc) is 2.77. The standard InChI is InChI=1S/C14H22N2O2S/c1-4-5-11-12(13(17)18)19-14(15-11)16-8-9(2)6-7-10(16)3/h9-10H,4-8H2,1-3H3,(H,17,18). The zero-order valence-corrected chi connectivity index (χ0v) is 12.7. The molecule has 4 nitrogen and oxygen atoms in total. The summed E-state index contributed by atoms with van der Waals surface area (Å²) in [6.07, 6.45) is 4.08. The summed E-state index contributed by atoms with van der Waals surface area (Å²) < 4.78 is 0. The summed E-state index contributed by atoms with van der Waals surface area (Å²) in [5.74, 6) is -0.187. The van der Waals surface area contributed by atoms with Crippen LogP contribution in [0.25, 0.3) is 0 Å². The molecular formula is C14H22N2O2S. The van der Waals surface area contributed by atoms with Crippen LogP contribution in [0.4, 0.5) is 5.13 Å². The molecule has 1 saturated heterocycles. The molecular weight excluding hydrogens is 260 g/mol. The Morgan fingerprint density at radius 1 is 1.47 bits per heavy atom. The number of carbonyl (C=O) groups is 1. The van der Waals surface area contributed by atoms with Gasteiger partial charge in [0.25, 0.3) is 0 Å². The van der Waals surface area contributed by atoms with Crippen molar-refractivity contribution in [2.24, 2.45) is 5.92 Å². The van der Waals surface area contributed by atoms with Crippen LogP contribution in [0, 0.1) is 5.92 Å². The minimum Gasteiger partial charge on any atom is -0.477 e. The lowest BCUT2D eigenvalue weighted by Gasteiger charge is -2.36.